The maximum Gasteiger partial charge on any atom is 0.263 e. The molecule has 3 nitrogen and oxygen atoms in total. The van der Waals surface area contributed by atoms with Crippen LogP contribution in [0.15, 0.2) is 51.8 Å². The first-order valence-electron chi connectivity index (χ1n) is 5.12. The summed E-state index contributed by atoms with van der Waals surface area (Å²) in [5, 5.41) is 0.458. The highest BCUT2D eigenvalue weighted by atomic mass is 79.9. The van der Waals surface area contributed by atoms with Crippen LogP contribution in [0.1, 0.15) is 0 Å². The third-order valence-corrected chi connectivity index (χ3v) is 4.99. The average molecular weight is 381 g/mol. The van der Waals surface area contributed by atoms with E-state index in [1.807, 2.05) is 0 Å². The van der Waals surface area contributed by atoms with Gasteiger partial charge in [-0.2, -0.15) is 0 Å². The Morgan fingerprint density at radius 2 is 1.68 bits per heavy atom. The summed E-state index contributed by atoms with van der Waals surface area (Å²) in [4.78, 5) is 0.00714. The molecule has 0 aliphatic rings. The van der Waals surface area contributed by atoms with Crippen LogP contribution in [0.4, 0.5) is 5.69 Å². The quantitative estimate of drug-likeness (QED) is 0.848. The second-order valence-electron chi connectivity index (χ2n) is 3.66. The van der Waals surface area contributed by atoms with Crippen LogP contribution in [0.25, 0.3) is 0 Å². The van der Waals surface area contributed by atoms with Crippen LogP contribution in [0, 0.1) is 0 Å². The average Bonchev–Trinajstić information content (AvgIpc) is 2.34. The first-order valence-corrected chi connectivity index (χ1v) is 8.16. The Kier molecular flexibility index (Phi) is 4.40. The van der Waals surface area contributed by atoms with Crippen LogP contribution in [0.5, 0.6) is 0 Å². The molecule has 0 unspecified atom stereocenters. The maximum atomic E-state index is 12.2. The minimum Gasteiger partial charge on any atom is -0.278 e. The van der Waals surface area contributed by atoms with Crippen molar-refractivity contribution >= 4 is 54.8 Å². The first-order chi connectivity index (χ1) is 8.90. The maximum absolute atomic E-state index is 12.2. The van der Waals surface area contributed by atoms with Crippen molar-refractivity contribution in [3.8, 4) is 0 Å². The molecule has 19 heavy (non-hydrogen) atoms. The Labute approximate surface area is 129 Å². The molecule has 0 saturated heterocycles. The topological polar surface area (TPSA) is 46.2 Å². The van der Waals surface area contributed by atoms with Crippen molar-refractivity contribution in [2.24, 2.45) is 0 Å². The van der Waals surface area contributed by atoms with Crippen LogP contribution < -0.4 is 4.72 Å². The molecule has 0 aliphatic heterocycles. The highest BCUT2D eigenvalue weighted by Crippen LogP contribution is 2.29. The molecule has 0 aliphatic carbocycles. The highest BCUT2D eigenvalue weighted by Gasteiger charge is 2.18. The van der Waals surface area contributed by atoms with Gasteiger partial charge in [-0.15, -0.1) is 0 Å². The summed E-state index contributed by atoms with van der Waals surface area (Å²) in [5.74, 6) is 0. The van der Waals surface area contributed by atoms with Crippen molar-refractivity contribution in [1.82, 2.24) is 0 Å². The van der Waals surface area contributed by atoms with Gasteiger partial charge in [-0.1, -0.05) is 51.3 Å². The number of hydrogen-bond acceptors (Lipinski definition) is 2. The van der Waals surface area contributed by atoms with Crippen molar-refractivity contribution in [2.45, 2.75) is 4.90 Å². The number of halogens is 3. The van der Waals surface area contributed by atoms with E-state index in [1.54, 1.807) is 30.3 Å². The third kappa shape index (κ3) is 3.42. The summed E-state index contributed by atoms with van der Waals surface area (Å²) in [6, 6.07) is 11.1. The van der Waals surface area contributed by atoms with Crippen molar-refractivity contribution in [3.63, 3.8) is 0 Å². The molecule has 0 saturated carbocycles. The van der Waals surface area contributed by atoms with Crippen LogP contribution in [-0.2, 0) is 10.0 Å². The molecule has 2 aromatic carbocycles. The fraction of sp³-hybridized carbons (Fsp3) is 0. The number of sulfonamides is 1. The van der Waals surface area contributed by atoms with Gasteiger partial charge in [0.1, 0.15) is 4.90 Å². The van der Waals surface area contributed by atoms with Crippen molar-refractivity contribution in [2.75, 3.05) is 4.72 Å². The van der Waals surface area contributed by atoms with Gasteiger partial charge in [0.05, 0.1) is 15.7 Å². The largest absolute Gasteiger partial charge is 0.278 e. The first kappa shape index (κ1) is 14.7. The normalized spacial score (nSPS) is 11.3. The minimum absolute atomic E-state index is 0.00714. The predicted molar refractivity (Wildman–Crippen MR) is 81.4 cm³/mol. The fourth-order valence-electron chi connectivity index (χ4n) is 1.44. The molecule has 0 fully saturated rings. The molecule has 0 spiro atoms. The molecular formula is C12H8BrCl2NO2S. The molecule has 0 heterocycles. The summed E-state index contributed by atoms with van der Waals surface area (Å²) in [5.41, 5.74) is 0.288. The van der Waals surface area contributed by atoms with E-state index >= 15 is 0 Å². The number of rotatable bonds is 3. The molecule has 1 N–H and O–H groups in total. The molecule has 2 aromatic rings. The lowest BCUT2D eigenvalue weighted by Crippen LogP contribution is -2.13. The number of nitrogens with one attached hydrogen (secondary N) is 1. The Morgan fingerprint density at radius 1 is 1.00 bits per heavy atom. The smallest absolute Gasteiger partial charge is 0.263 e. The van der Waals surface area contributed by atoms with Crippen molar-refractivity contribution in [1.29, 1.82) is 0 Å². The van der Waals surface area contributed by atoms with Gasteiger partial charge in [0.25, 0.3) is 10.0 Å². The Balaban J connectivity index is 2.43. The zero-order valence-electron chi connectivity index (χ0n) is 9.40. The minimum atomic E-state index is -3.77. The standard InChI is InChI=1S/C12H8BrCl2NO2S/c13-8-5-6-9(14)11(7-8)16-19(17,18)12-4-2-1-3-10(12)15/h1-7,16H. The Bertz CT molecular complexity index is 719. The summed E-state index contributed by atoms with van der Waals surface area (Å²) >= 11 is 15.1. The van der Waals surface area contributed by atoms with Crippen LogP contribution in [0.3, 0.4) is 0 Å². The molecule has 7 heteroatoms. The van der Waals surface area contributed by atoms with Gasteiger partial charge < -0.3 is 0 Å². The summed E-state index contributed by atoms with van der Waals surface area (Å²) in [7, 11) is -3.77. The van der Waals surface area contributed by atoms with Gasteiger partial charge in [0.2, 0.25) is 0 Å². The van der Waals surface area contributed by atoms with E-state index in [1.165, 1.54) is 12.1 Å². The molecule has 100 valence electrons. The lowest BCUT2D eigenvalue weighted by molar-refractivity contribution is 0.601. The van der Waals surface area contributed by atoms with E-state index in [2.05, 4.69) is 20.7 Å². The zero-order chi connectivity index (χ0) is 14.0. The van der Waals surface area contributed by atoms with Crippen molar-refractivity contribution in [3.05, 3.63) is 57.0 Å². The predicted octanol–water partition coefficient (Wildman–Crippen LogP) is 4.56. The Hall–Kier alpha value is -0.750. The van der Waals surface area contributed by atoms with E-state index in [0.29, 0.717) is 9.50 Å². The monoisotopic (exact) mass is 379 g/mol. The zero-order valence-corrected chi connectivity index (χ0v) is 13.3. The van der Waals surface area contributed by atoms with Gasteiger partial charge in [-0.05, 0) is 30.3 Å². The molecule has 0 amide bonds. The molecule has 0 bridgehead atoms. The SMILES string of the molecule is O=S(=O)(Nc1cc(Br)ccc1Cl)c1ccccc1Cl. The molecule has 2 rings (SSSR count). The lowest BCUT2D eigenvalue weighted by Gasteiger charge is -2.11. The van der Waals surface area contributed by atoms with Gasteiger partial charge in [0.15, 0.2) is 0 Å². The number of benzene rings is 2. The number of hydrogen-bond donors (Lipinski definition) is 1. The molecule has 0 radical (unpaired) electrons. The fourth-order valence-corrected chi connectivity index (χ4v) is 3.61. The highest BCUT2D eigenvalue weighted by molar-refractivity contribution is 9.10. The van der Waals surface area contributed by atoms with Gasteiger partial charge in [-0.3, -0.25) is 4.72 Å². The Morgan fingerprint density at radius 3 is 2.37 bits per heavy atom. The van der Waals surface area contributed by atoms with E-state index in [0.717, 1.165) is 0 Å². The summed E-state index contributed by atoms with van der Waals surface area (Å²) < 4.78 is 27.6. The van der Waals surface area contributed by atoms with Crippen LogP contribution in [0.2, 0.25) is 10.0 Å². The molecular weight excluding hydrogens is 373 g/mol. The van der Waals surface area contributed by atoms with Gasteiger partial charge in [-0.25, -0.2) is 8.42 Å². The van der Waals surface area contributed by atoms with Gasteiger partial charge in [0, 0.05) is 4.47 Å². The van der Waals surface area contributed by atoms with E-state index in [4.69, 9.17) is 23.2 Å². The van der Waals surface area contributed by atoms with Crippen LogP contribution >= 0.6 is 39.1 Å². The summed E-state index contributed by atoms with van der Waals surface area (Å²) in [6.07, 6.45) is 0. The second kappa shape index (κ2) is 5.71. The van der Waals surface area contributed by atoms with Gasteiger partial charge >= 0.3 is 0 Å². The molecule has 0 atom stereocenters. The lowest BCUT2D eigenvalue weighted by atomic mass is 10.3. The van der Waals surface area contributed by atoms with E-state index in [-0.39, 0.29) is 15.6 Å². The summed E-state index contributed by atoms with van der Waals surface area (Å²) in [6.45, 7) is 0. The number of anilines is 1. The van der Waals surface area contributed by atoms with Crippen molar-refractivity contribution < 1.29 is 8.42 Å². The molecule has 0 aromatic heterocycles. The third-order valence-electron chi connectivity index (χ3n) is 2.30. The van der Waals surface area contributed by atoms with E-state index in [9.17, 15) is 8.42 Å². The van der Waals surface area contributed by atoms with Crippen LogP contribution in [-0.4, -0.2) is 8.42 Å². The van der Waals surface area contributed by atoms with E-state index < -0.39 is 10.0 Å². The second-order valence-corrected chi connectivity index (χ2v) is 7.04.